The standard InChI is InChI=1S/C20H16N4O2/c21-11-13(20(26)24-15-9-7-14(22)8-10-15)12-23-18-5-1-4-17-16(18)3-2-6-19(17)25/h1-10,12,23,25H,22H2,(H,24,26)/b13-12-. The number of amides is 1. The van der Waals surface area contributed by atoms with Crippen molar-refractivity contribution < 1.29 is 9.90 Å². The largest absolute Gasteiger partial charge is 0.507 e. The van der Waals surface area contributed by atoms with E-state index in [-0.39, 0.29) is 11.3 Å². The summed E-state index contributed by atoms with van der Waals surface area (Å²) >= 11 is 0. The van der Waals surface area contributed by atoms with Crippen LogP contribution in [0, 0.1) is 11.3 Å². The van der Waals surface area contributed by atoms with Gasteiger partial charge in [0.15, 0.2) is 0 Å². The average Bonchev–Trinajstić information content (AvgIpc) is 2.65. The normalized spacial score (nSPS) is 11.0. The van der Waals surface area contributed by atoms with Crippen molar-refractivity contribution in [3.05, 3.63) is 72.4 Å². The van der Waals surface area contributed by atoms with Gasteiger partial charge in [0.2, 0.25) is 0 Å². The van der Waals surface area contributed by atoms with Crippen LogP contribution >= 0.6 is 0 Å². The van der Waals surface area contributed by atoms with Gasteiger partial charge in [-0.25, -0.2) is 0 Å². The van der Waals surface area contributed by atoms with Gasteiger partial charge in [-0.3, -0.25) is 4.79 Å². The van der Waals surface area contributed by atoms with Gasteiger partial charge >= 0.3 is 0 Å². The van der Waals surface area contributed by atoms with Crippen molar-refractivity contribution in [1.82, 2.24) is 0 Å². The van der Waals surface area contributed by atoms with Gasteiger partial charge in [0, 0.05) is 34.0 Å². The van der Waals surface area contributed by atoms with E-state index >= 15 is 0 Å². The molecule has 128 valence electrons. The highest BCUT2D eigenvalue weighted by Crippen LogP contribution is 2.29. The predicted octanol–water partition coefficient (Wildman–Crippen LogP) is 3.59. The van der Waals surface area contributed by atoms with Crippen molar-refractivity contribution in [3.8, 4) is 11.8 Å². The number of carbonyl (C=O) groups excluding carboxylic acids is 1. The molecule has 0 heterocycles. The zero-order valence-electron chi connectivity index (χ0n) is 13.7. The number of phenolic OH excluding ortho intramolecular Hbond substituents is 1. The monoisotopic (exact) mass is 344 g/mol. The number of phenols is 1. The number of fused-ring (bicyclic) bond motifs is 1. The topological polar surface area (TPSA) is 111 Å². The maximum atomic E-state index is 12.3. The SMILES string of the molecule is N#C/C(=C/Nc1cccc2c(O)cccc12)C(=O)Nc1ccc(N)cc1. The average molecular weight is 344 g/mol. The minimum Gasteiger partial charge on any atom is -0.507 e. The molecule has 0 aliphatic heterocycles. The molecule has 3 rings (SSSR count). The first-order valence-corrected chi connectivity index (χ1v) is 7.83. The van der Waals surface area contributed by atoms with Crippen molar-refractivity contribution >= 4 is 33.7 Å². The number of hydrogen-bond donors (Lipinski definition) is 4. The van der Waals surface area contributed by atoms with Gasteiger partial charge in [0.25, 0.3) is 5.91 Å². The maximum absolute atomic E-state index is 12.3. The first-order chi connectivity index (χ1) is 12.6. The number of nitrogens with zero attached hydrogens (tertiary/aromatic N) is 1. The van der Waals surface area contributed by atoms with Crippen LogP contribution in [0.1, 0.15) is 0 Å². The molecule has 0 fully saturated rings. The van der Waals surface area contributed by atoms with Gasteiger partial charge in [-0.2, -0.15) is 5.26 Å². The number of aromatic hydroxyl groups is 1. The van der Waals surface area contributed by atoms with E-state index in [2.05, 4.69) is 10.6 Å². The molecule has 0 saturated heterocycles. The second-order valence-corrected chi connectivity index (χ2v) is 5.57. The van der Waals surface area contributed by atoms with Crippen molar-refractivity contribution in [2.75, 3.05) is 16.4 Å². The maximum Gasteiger partial charge on any atom is 0.267 e. The number of nitrogens with one attached hydrogen (secondary N) is 2. The zero-order chi connectivity index (χ0) is 18.5. The lowest BCUT2D eigenvalue weighted by Gasteiger charge is -2.08. The fourth-order valence-electron chi connectivity index (χ4n) is 2.48. The Hall–Kier alpha value is -3.98. The number of rotatable bonds is 4. The van der Waals surface area contributed by atoms with Crippen LogP contribution in [0.15, 0.2) is 72.4 Å². The number of nitrogen functional groups attached to an aromatic ring is 1. The molecule has 26 heavy (non-hydrogen) atoms. The van der Waals surface area contributed by atoms with Gasteiger partial charge in [-0.1, -0.05) is 24.3 Å². The molecule has 3 aromatic rings. The van der Waals surface area contributed by atoms with Crippen molar-refractivity contribution in [1.29, 1.82) is 5.26 Å². The lowest BCUT2D eigenvalue weighted by Crippen LogP contribution is -2.14. The van der Waals surface area contributed by atoms with E-state index in [4.69, 9.17) is 5.73 Å². The molecule has 0 saturated carbocycles. The quantitative estimate of drug-likeness (QED) is 0.328. The van der Waals surface area contributed by atoms with Crippen molar-refractivity contribution in [2.45, 2.75) is 0 Å². The molecule has 0 spiro atoms. The summed E-state index contributed by atoms with van der Waals surface area (Å²) in [5, 5.41) is 26.3. The number of carbonyl (C=O) groups is 1. The van der Waals surface area contributed by atoms with E-state index in [0.717, 1.165) is 5.39 Å². The Morgan fingerprint density at radius 2 is 1.73 bits per heavy atom. The fourth-order valence-corrected chi connectivity index (χ4v) is 2.48. The summed E-state index contributed by atoms with van der Waals surface area (Å²) in [6, 6.07) is 19.0. The Morgan fingerprint density at radius 3 is 2.46 bits per heavy atom. The first-order valence-electron chi connectivity index (χ1n) is 7.83. The molecule has 0 aliphatic rings. The molecule has 0 unspecified atom stereocenters. The van der Waals surface area contributed by atoms with Gasteiger partial charge in [0.1, 0.15) is 17.4 Å². The molecule has 3 aromatic carbocycles. The molecule has 6 heteroatoms. The molecule has 0 radical (unpaired) electrons. The molecular weight excluding hydrogens is 328 g/mol. The van der Waals surface area contributed by atoms with E-state index in [1.165, 1.54) is 6.20 Å². The van der Waals surface area contributed by atoms with Crippen LogP contribution in [0.4, 0.5) is 17.1 Å². The predicted molar refractivity (Wildman–Crippen MR) is 102 cm³/mol. The number of hydrogen-bond acceptors (Lipinski definition) is 5. The van der Waals surface area contributed by atoms with Gasteiger partial charge in [-0.15, -0.1) is 0 Å². The summed E-state index contributed by atoms with van der Waals surface area (Å²) in [5.74, 6) is -0.371. The highest BCUT2D eigenvalue weighted by molar-refractivity contribution is 6.07. The van der Waals surface area contributed by atoms with Crippen LogP contribution in [0.5, 0.6) is 5.75 Å². The summed E-state index contributed by atoms with van der Waals surface area (Å²) in [7, 11) is 0. The Bertz CT molecular complexity index is 1030. The molecule has 6 nitrogen and oxygen atoms in total. The summed E-state index contributed by atoms with van der Waals surface area (Å²) in [5.41, 5.74) is 7.32. The first kappa shape index (κ1) is 16.9. The van der Waals surface area contributed by atoms with E-state index in [1.807, 2.05) is 12.1 Å². The summed E-state index contributed by atoms with van der Waals surface area (Å²) in [6.07, 6.45) is 1.34. The molecule has 5 N–H and O–H groups in total. The minimum absolute atomic E-state index is 0.0843. The van der Waals surface area contributed by atoms with Gasteiger partial charge in [-0.05, 0) is 36.4 Å². The third-order valence-corrected chi connectivity index (χ3v) is 3.80. The zero-order valence-corrected chi connectivity index (χ0v) is 13.7. The van der Waals surface area contributed by atoms with Crippen LogP contribution in [0.3, 0.4) is 0 Å². The second-order valence-electron chi connectivity index (χ2n) is 5.57. The second kappa shape index (κ2) is 7.28. The summed E-state index contributed by atoms with van der Waals surface area (Å²) in [6.45, 7) is 0. The molecular formula is C20H16N4O2. The van der Waals surface area contributed by atoms with Crippen LogP contribution in [-0.4, -0.2) is 11.0 Å². The molecule has 1 amide bonds. The molecule has 0 aliphatic carbocycles. The number of nitriles is 1. The van der Waals surface area contributed by atoms with E-state index in [9.17, 15) is 15.2 Å². The van der Waals surface area contributed by atoms with E-state index in [0.29, 0.717) is 22.4 Å². The lowest BCUT2D eigenvalue weighted by molar-refractivity contribution is -0.112. The number of benzene rings is 3. The van der Waals surface area contributed by atoms with E-state index < -0.39 is 5.91 Å². The molecule has 0 bridgehead atoms. The van der Waals surface area contributed by atoms with E-state index in [1.54, 1.807) is 54.6 Å². The van der Waals surface area contributed by atoms with Crippen LogP contribution in [0.2, 0.25) is 0 Å². The molecule has 0 atom stereocenters. The number of anilines is 3. The highest BCUT2D eigenvalue weighted by atomic mass is 16.3. The summed E-state index contributed by atoms with van der Waals surface area (Å²) in [4.78, 5) is 12.3. The van der Waals surface area contributed by atoms with Gasteiger partial charge in [0.05, 0.1) is 0 Å². The van der Waals surface area contributed by atoms with Crippen LogP contribution in [0.25, 0.3) is 10.8 Å². The third kappa shape index (κ3) is 3.57. The fraction of sp³-hybridized carbons (Fsp3) is 0. The van der Waals surface area contributed by atoms with Crippen molar-refractivity contribution in [3.63, 3.8) is 0 Å². The number of nitrogens with two attached hydrogens (primary N) is 1. The van der Waals surface area contributed by atoms with Crippen molar-refractivity contribution in [2.24, 2.45) is 0 Å². The minimum atomic E-state index is -0.534. The van der Waals surface area contributed by atoms with Crippen LogP contribution in [-0.2, 0) is 4.79 Å². The van der Waals surface area contributed by atoms with Gasteiger partial charge < -0.3 is 21.5 Å². The third-order valence-electron chi connectivity index (χ3n) is 3.80. The smallest absolute Gasteiger partial charge is 0.267 e. The summed E-state index contributed by atoms with van der Waals surface area (Å²) < 4.78 is 0. The lowest BCUT2D eigenvalue weighted by atomic mass is 10.1. The Morgan fingerprint density at radius 1 is 1.04 bits per heavy atom. The van der Waals surface area contributed by atoms with Crippen LogP contribution < -0.4 is 16.4 Å². The Labute approximate surface area is 150 Å². The molecule has 0 aromatic heterocycles. The highest BCUT2D eigenvalue weighted by Gasteiger charge is 2.10. The Balaban J connectivity index is 1.82. The Kier molecular flexibility index (Phi) is 4.72.